The number of nitrogens with zero attached hydrogens (tertiary/aromatic N) is 2. The minimum Gasteiger partial charge on any atom is -0.409 e. The lowest BCUT2D eigenvalue weighted by Gasteiger charge is -2.09. The Morgan fingerprint density at radius 3 is 2.45 bits per heavy atom. The third-order valence-electron chi connectivity index (χ3n) is 2.58. The molecule has 0 radical (unpaired) electrons. The van der Waals surface area contributed by atoms with E-state index in [0.717, 1.165) is 23.9 Å². The summed E-state index contributed by atoms with van der Waals surface area (Å²) in [6, 6.07) is 6.13. The van der Waals surface area contributed by atoms with Gasteiger partial charge in [0.2, 0.25) is 0 Å². The van der Waals surface area contributed by atoms with E-state index in [4.69, 9.17) is 22.5 Å². The third-order valence-corrected chi connectivity index (χ3v) is 3.82. The van der Waals surface area contributed by atoms with Crippen LogP contribution >= 0.6 is 23.4 Å². The smallest absolute Gasteiger partial charge is 0.409 e. The summed E-state index contributed by atoms with van der Waals surface area (Å²) >= 11 is 6.95. The molecule has 0 amide bonds. The molecule has 22 heavy (non-hydrogen) atoms. The van der Waals surface area contributed by atoms with Crippen molar-refractivity contribution in [2.45, 2.75) is 16.0 Å². The molecule has 1 aromatic carbocycles. The number of hydrogen-bond acceptors (Lipinski definition) is 4. The van der Waals surface area contributed by atoms with Gasteiger partial charge in [-0.15, -0.1) is 0 Å². The maximum atomic E-state index is 12.5. The standard InChI is InChI=1S/C13H9ClF3N3OS/c14-8-5-10(11(19-6-8)12(18)20-21)22-9-3-1-7(2-4-9)13(15,16)17/h1-6,21H,(H2,18,20). The molecule has 0 bridgehead atoms. The summed E-state index contributed by atoms with van der Waals surface area (Å²) in [5.74, 6) is -0.217. The number of aromatic nitrogens is 1. The van der Waals surface area contributed by atoms with E-state index in [-0.39, 0.29) is 11.5 Å². The van der Waals surface area contributed by atoms with Crippen LogP contribution in [0.15, 0.2) is 51.5 Å². The highest BCUT2D eigenvalue weighted by Crippen LogP contribution is 2.34. The summed E-state index contributed by atoms with van der Waals surface area (Å²) in [5.41, 5.74) is 4.97. The summed E-state index contributed by atoms with van der Waals surface area (Å²) in [5, 5.41) is 11.9. The van der Waals surface area contributed by atoms with E-state index >= 15 is 0 Å². The van der Waals surface area contributed by atoms with Crippen molar-refractivity contribution in [1.29, 1.82) is 0 Å². The average molecular weight is 348 g/mol. The number of nitrogens with two attached hydrogens (primary N) is 1. The van der Waals surface area contributed by atoms with Crippen LogP contribution in [0.1, 0.15) is 11.3 Å². The van der Waals surface area contributed by atoms with Gasteiger partial charge in [0.05, 0.1) is 10.6 Å². The van der Waals surface area contributed by atoms with Crippen LogP contribution in [-0.2, 0) is 6.18 Å². The topological polar surface area (TPSA) is 71.5 Å². The van der Waals surface area contributed by atoms with Crippen molar-refractivity contribution in [3.8, 4) is 0 Å². The molecule has 0 atom stereocenters. The van der Waals surface area contributed by atoms with Crippen LogP contribution in [0.5, 0.6) is 0 Å². The molecule has 2 aromatic rings. The predicted molar refractivity (Wildman–Crippen MR) is 77.3 cm³/mol. The molecule has 0 spiro atoms. The van der Waals surface area contributed by atoms with Crippen molar-refractivity contribution in [3.63, 3.8) is 0 Å². The lowest BCUT2D eigenvalue weighted by molar-refractivity contribution is -0.137. The highest BCUT2D eigenvalue weighted by molar-refractivity contribution is 7.99. The van der Waals surface area contributed by atoms with Gasteiger partial charge in [0.25, 0.3) is 0 Å². The Hall–Kier alpha value is -1.93. The van der Waals surface area contributed by atoms with E-state index in [1.54, 1.807) is 0 Å². The first-order chi connectivity index (χ1) is 10.3. The van der Waals surface area contributed by atoms with E-state index in [1.807, 2.05) is 0 Å². The minimum absolute atomic E-state index is 0.191. The first-order valence-electron chi connectivity index (χ1n) is 5.80. The zero-order valence-corrected chi connectivity index (χ0v) is 12.4. The van der Waals surface area contributed by atoms with E-state index in [9.17, 15) is 13.2 Å². The number of hydrogen-bond donors (Lipinski definition) is 2. The van der Waals surface area contributed by atoms with Gasteiger partial charge in [0.15, 0.2) is 5.84 Å². The second-order valence-electron chi connectivity index (χ2n) is 4.11. The van der Waals surface area contributed by atoms with Gasteiger partial charge < -0.3 is 10.9 Å². The summed E-state index contributed by atoms with van der Waals surface area (Å²) in [6.45, 7) is 0. The van der Waals surface area contributed by atoms with Gasteiger partial charge in [-0.3, -0.25) is 4.98 Å². The van der Waals surface area contributed by atoms with E-state index in [1.165, 1.54) is 24.4 Å². The summed E-state index contributed by atoms with van der Waals surface area (Å²) in [6.07, 6.45) is -3.06. The Balaban J connectivity index is 2.33. The van der Waals surface area contributed by atoms with E-state index in [2.05, 4.69) is 10.1 Å². The second kappa shape index (κ2) is 6.45. The second-order valence-corrected chi connectivity index (χ2v) is 5.66. The Morgan fingerprint density at radius 2 is 1.91 bits per heavy atom. The molecule has 2 rings (SSSR count). The maximum Gasteiger partial charge on any atom is 0.416 e. The van der Waals surface area contributed by atoms with E-state index < -0.39 is 11.7 Å². The molecule has 1 aromatic heterocycles. The number of alkyl halides is 3. The lowest BCUT2D eigenvalue weighted by Crippen LogP contribution is -2.16. The SMILES string of the molecule is NC(=NO)c1ncc(Cl)cc1Sc1ccc(C(F)(F)F)cc1. The van der Waals surface area contributed by atoms with Crippen molar-refractivity contribution >= 4 is 29.2 Å². The minimum atomic E-state index is -4.39. The maximum absolute atomic E-state index is 12.5. The Bertz CT molecular complexity index is 705. The monoisotopic (exact) mass is 347 g/mol. The molecule has 0 saturated heterocycles. The van der Waals surface area contributed by atoms with Crippen molar-refractivity contribution < 1.29 is 18.4 Å². The zero-order chi connectivity index (χ0) is 16.3. The molecule has 9 heteroatoms. The molecule has 0 aliphatic heterocycles. The number of oxime groups is 1. The van der Waals surface area contributed by atoms with Gasteiger partial charge in [0, 0.05) is 16.0 Å². The predicted octanol–water partition coefficient (Wildman–Crippen LogP) is 4.00. The largest absolute Gasteiger partial charge is 0.416 e. The molecule has 0 aliphatic rings. The normalized spacial score (nSPS) is 12.5. The number of benzene rings is 1. The average Bonchev–Trinajstić information content (AvgIpc) is 2.46. The fraction of sp³-hybridized carbons (Fsp3) is 0.0769. The van der Waals surface area contributed by atoms with Crippen LogP contribution < -0.4 is 5.73 Å². The van der Waals surface area contributed by atoms with Gasteiger partial charge >= 0.3 is 6.18 Å². The van der Waals surface area contributed by atoms with Crippen LogP contribution in [0, 0.1) is 0 Å². The number of amidine groups is 1. The quantitative estimate of drug-likeness (QED) is 0.381. The summed E-state index contributed by atoms with van der Waals surface area (Å²) in [7, 11) is 0. The Kier molecular flexibility index (Phi) is 4.82. The molecule has 0 aliphatic carbocycles. The van der Waals surface area contributed by atoms with Gasteiger partial charge in [-0.1, -0.05) is 28.5 Å². The van der Waals surface area contributed by atoms with Crippen LogP contribution in [-0.4, -0.2) is 16.0 Å². The highest BCUT2D eigenvalue weighted by atomic mass is 35.5. The van der Waals surface area contributed by atoms with Crippen LogP contribution in [0.4, 0.5) is 13.2 Å². The van der Waals surface area contributed by atoms with Gasteiger partial charge in [0.1, 0.15) is 5.69 Å². The summed E-state index contributed by atoms with van der Waals surface area (Å²) < 4.78 is 37.6. The molecular formula is C13H9ClF3N3OS. The van der Waals surface area contributed by atoms with Gasteiger partial charge in [-0.2, -0.15) is 13.2 Å². The molecule has 3 N–H and O–H groups in total. The van der Waals surface area contributed by atoms with Crippen LogP contribution in [0.3, 0.4) is 0 Å². The molecule has 0 saturated carbocycles. The number of rotatable bonds is 3. The molecule has 116 valence electrons. The summed E-state index contributed by atoms with van der Waals surface area (Å²) in [4.78, 5) is 4.95. The first kappa shape index (κ1) is 16.4. The number of halogens is 4. The van der Waals surface area contributed by atoms with Crippen molar-refractivity contribution in [3.05, 3.63) is 52.8 Å². The van der Waals surface area contributed by atoms with Gasteiger partial charge in [-0.25, -0.2) is 0 Å². The van der Waals surface area contributed by atoms with Crippen LogP contribution in [0.2, 0.25) is 5.02 Å². The number of pyridine rings is 1. The molecular weight excluding hydrogens is 339 g/mol. The zero-order valence-electron chi connectivity index (χ0n) is 10.8. The molecule has 0 unspecified atom stereocenters. The molecule has 4 nitrogen and oxygen atoms in total. The highest BCUT2D eigenvalue weighted by Gasteiger charge is 2.30. The van der Waals surface area contributed by atoms with Gasteiger partial charge in [-0.05, 0) is 30.3 Å². The molecule has 0 fully saturated rings. The van der Waals surface area contributed by atoms with Crippen molar-refractivity contribution in [1.82, 2.24) is 4.98 Å². The fourth-order valence-corrected chi connectivity index (χ4v) is 2.77. The Morgan fingerprint density at radius 1 is 1.27 bits per heavy atom. The van der Waals surface area contributed by atoms with Crippen molar-refractivity contribution in [2.75, 3.05) is 0 Å². The lowest BCUT2D eigenvalue weighted by atomic mass is 10.2. The third kappa shape index (κ3) is 3.83. The van der Waals surface area contributed by atoms with Crippen LogP contribution in [0.25, 0.3) is 0 Å². The van der Waals surface area contributed by atoms with Crippen molar-refractivity contribution in [2.24, 2.45) is 10.9 Å². The van der Waals surface area contributed by atoms with E-state index in [0.29, 0.717) is 14.8 Å². The Labute approximate surface area is 132 Å². The fourth-order valence-electron chi connectivity index (χ4n) is 1.58. The molecule has 1 heterocycles. The first-order valence-corrected chi connectivity index (χ1v) is 6.99.